The van der Waals surface area contributed by atoms with Crippen molar-refractivity contribution in [2.24, 2.45) is 0 Å². The molecule has 7 heteroatoms. The summed E-state index contributed by atoms with van der Waals surface area (Å²) in [5.41, 5.74) is 1.21. The summed E-state index contributed by atoms with van der Waals surface area (Å²) < 4.78 is 5.43. The van der Waals surface area contributed by atoms with Gasteiger partial charge in [-0.2, -0.15) is 0 Å². The van der Waals surface area contributed by atoms with Crippen molar-refractivity contribution in [3.63, 3.8) is 0 Å². The van der Waals surface area contributed by atoms with Gasteiger partial charge in [0.05, 0.1) is 11.0 Å². The maximum Gasteiger partial charge on any atom is 0.308 e. The highest BCUT2D eigenvalue weighted by molar-refractivity contribution is 5.90. The van der Waals surface area contributed by atoms with Crippen molar-refractivity contribution in [2.75, 3.05) is 0 Å². The van der Waals surface area contributed by atoms with Crippen LogP contribution in [0.15, 0.2) is 60.7 Å². The molecule has 0 fully saturated rings. The summed E-state index contributed by atoms with van der Waals surface area (Å²) in [6.45, 7) is 3.04. The zero-order chi connectivity index (χ0) is 21.0. The number of nitrogens with one attached hydrogen (secondary N) is 1. The molecular weight excluding hydrogens is 372 g/mol. The number of esters is 1. The summed E-state index contributed by atoms with van der Waals surface area (Å²) in [6.07, 6.45) is 0.261. The van der Waals surface area contributed by atoms with Crippen molar-refractivity contribution in [1.29, 1.82) is 0 Å². The number of hydrogen-bond donors (Lipinski definition) is 1. The number of benzene rings is 3. The van der Waals surface area contributed by atoms with Crippen LogP contribution in [-0.2, 0) is 9.59 Å². The lowest BCUT2D eigenvalue weighted by molar-refractivity contribution is -0.384. The minimum absolute atomic E-state index is 0.0487. The van der Waals surface area contributed by atoms with E-state index in [0.717, 1.165) is 10.8 Å². The van der Waals surface area contributed by atoms with Crippen LogP contribution in [0.3, 0.4) is 0 Å². The van der Waals surface area contributed by atoms with Crippen LogP contribution in [0.25, 0.3) is 10.8 Å². The molecule has 29 heavy (non-hydrogen) atoms. The first-order chi connectivity index (χ1) is 13.9. The first kappa shape index (κ1) is 20.0. The lowest BCUT2D eigenvalue weighted by Crippen LogP contribution is -2.29. The highest BCUT2D eigenvalue weighted by atomic mass is 16.6. The Hall–Kier alpha value is -3.74. The lowest BCUT2D eigenvalue weighted by Gasteiger charge is -2.23. The van der Waals surface area contributed by atoms with E-state index >= 15 is 0 Å². The molecule has 0 aliphatic carbocycles. The standard InChI is InChI=1S/C22H20N2O5/c1-3-20(26)23-22(16-8-11-17(12-9-16)24(27)28)21-18-7-5-4-6-15(18)10-13-19(21)29-14(2)25/h4-13,22H,3H2,1-2H3,(H,23,26). The van der Waals surface area contributed by atoms with E-state index in [-0.39, 0.29) is 18.0 Å². The molecule has 0 aliphatic heterocycles. The Labute approximate surface area is 167 Å². The molecule has 3 rings (SSSR count). The topological polar surface area (TPSA) is 98.5 Å². The Bertz CT molecular complexity index is 1080. The van der Waals surface area contributed by atoms with Gasteiger partial charge in [0.1, 0.15) is 5.75 Å². The van der Waals surface area contributed by atoms with Crippen molar-refractivity contribution in [2.45, 2.75) is 26.3 Å². The molecule has 0 spiro atoms. The summed E-state index contributed by atoms with van der Waals surface area (Å²) in [7, 11) is 0. The average Bonchev–Trinajstić information content (AvgIpc) is 2.71. The number of ether oxygens (including phenoxy) is 1. The number of carbonyl (C=O) groups excluding carboxylic acids is 2. The molecule has 7 nitrogen and oxygen atoms in total. The zero-order valence-corrected chi connectivity index (χ0v) is 16.0. The number of nitro groups is 1. The molecule has 1 N–H and O–H groups in total. The van der Waals surface area contributed by atoms with E-state index in [1.165, 1.54) is 19.1 Å². The number of rotatable bonds is 6. The molecule has 0 radical (unpaired) electrons. The molecular formula is C22H20N2O5. The Morgan fingerprint density at radius 2 is 1.76 bits per heavy atom. The average molecular weight is 392 g/mol. The molecule has 0 saturated heterocycles. The van der Waals surface area contributed by atoms with E-state index < -0.39 is 16.9 Å². The summed E-state index contributed by atoms with van der Waals surface area (Å²) in [5, 5.41) is 15.7. The number of amides is 1. The number of nitro benzene ring substituents is 1. The molecule has 3 aromatic carbocycles. The third kappa shape index (κ3) is 4.40. The predicted molar refractivity (Wildman–Crippen MR) is 109 cm³/mol. The van der Waals surface area contributed by atoms with Gasteiger partial charge < -0.3 is 10.1 Å². The van der Waals surface area contributed by atoms with Crippen LogP contribution >= 0.6 is 0 Å². The van der Waals surface area contributed by atoms with E-state index in [1.54, 1.807) is 25.1 Å². The Kier molecular flexibility index (Phi) is 5.87. The first-order valence-corrected chi connectivity index (χ1v) is 9.14. The van der Waals surface area contributed by atoms with E-state index in [9.17, 15) is 19.7 Å². The second-order valence-electron chi connectivity index (χ2n) is 6.49. The van der Waals surface area contributed by atoms with E-state index in [1.807, 2.05) is 30.3 Å². The van der Waals surface area contributed by atoms with Gasteiger partial charge in [0.2, 0.25) is 5.91 Å². The molecule has 0 aliphatic rings. The van der Waals surface area contributed by atoms with Crippen molar-refractivity contribution < 1.29 is 19.2 Å². The van der Waals surface area contributed by atoms with E-state index in [4.69, 9.17) is 4.74 Å². The zero-order valence-electron chi connectivity index (χ0n) is 16.0. The number of non-ortho nitro benzene ring substituents is 1. The fourth-order valence-electron chi connectivity index (χ4n) is 3.19. The minimum atomic E-state index is -0.649. The maximum absolute atomic E-state index is 12.3. The Morgan fingerprint density at radius 3 is 2.38 bits per heavy atom. The van der Waals surface area contributed by atoms with Gasteiger partial charge in [0.25, 0.3) is 5.69 Å². The van der Waals surface area contributed by atoms with Crippen LogP contribution in [0.5, 0.6) is 5.75 Å². The van der Waals surface area contributed by atoms with Gasteiger partial charge in [-0.15, -0.1) is 0 Å². The quantitative estimate of drug-likeness (QED) is 0.292. The number of nitrogens with zero attached hydrogens (tertiary/aromatic N) is 1. The molecule has 0 bridgehead atoms. The fourth-order valence-corrected chi connectivity index (χ4v) is 3.19. The van der Waals surface area contributed by atoms with E-state index in [0.29, 0.717) is 16.9 Å². The molecule has 0 heterocycles. The number of fused-ring (bicyclic) bond motifs is 1. The van der Waals surface area contributed by atoms with Crippen LogP contribution in [0, 0.1) is 10.1 Å². The van der Waals surface area contributed by atoms with Crippen LogP contribution in [0.2, 0.25) is 0 Å². The van der Waals surface area contributed by atoms with Gasteiger partial charge in [-0.1, -0.05) is 37.3 Å². The first-order valence-electron chi connectivity index (χ1n) is 9.14. The van der Waals surface area contributed by atoms with Gasteiger partial charge in [-0.05, 0) is 34.5 Å². The fraction of sp³-hybridized carbons (Fsp3) is 0.182. The molecule has 1 atom stereocenters. The van der Waals surface area contributed by atoms with Crippen LogP contribution in [-0.4, -0.2) is 16.8 Å². The maximum atomic E-state index is 12.3. The van der Waals surface area contributed by atoms with Gasteiger partial charge >= 0.3 is 5.97 Å². The van der Waals surface area contributed by atoms with Crippen molar-refractivity contribution in [1.82, 2.24) is 5.32 Å². The summed E-state index contributed by atoms with van der Waals surface area (Å²) >= 11 is 0. The predicted octanol–water partition coefficient (Wildman–Crippen LogP) is 4.29. The largest absolute Gasteiger partial charge is 0.426 e. The summed E-state index contributed by atoms with van der Waals surface area (Å²) in [6, 6.07) is 16.4. The molecule has 0 aromatic heterocycles. The highest BCUT2D eigenvalue weighted by Gasteiger charge is 2.24. The van der Waals surface area contributed by atoms with Crippen LogP contribution < -0.4 is 10.1 Å². The summed E-state index contributed by atoms with van der Waals surface area (Å²) in [5.74, 6) is -0.350. The number of carbonyl (C=O) groups is 2. The van der Waals surface area contributed by atoms with Crippen LogP contribution in [0.1, 0.15) is 37.4 Å². The van der Waals surface area contributed by atoms with Gasteiger partial charge in [0, 0.05) is 31.0 Å². The van der Waals surface area contributed by atoms with Crippen LogP contribution in [0.4, 0.5) is 5.69 Å². The lowest BCUT2D eigenvalue weighted by atomic mass is 9.92. The molecule has 1 amide bonds. The Balaban J connectivity index is 2.23. The third-order valence-corrected chi connectivity index (χ3v) is 4.54. The molecule has 0 saturated carbocycles. The smallest absolute Gasteiger partial charge is 0.308 e. The third-order valence-electron chi connectivity index (χ3n) is 4.54. The normalized spacial score (nSPS) is 11.7. The Morgan fingerprint density at radius 1 is 1.07 bits per heavy atom. The highest BCUT2D eigenvalue weighted by Crippen LogP contribution is 2.37. The minimum Gasteiger partial charge on any atom is -0.426 e. The second kappa shape index (κ2) is 8.52. The van der Waals surface area contributed by atoms with Gasteiger partial charge in [0.15, 0.2) is 0 Å². The molecule has 148 valence electrons. The van der Waals surface area contributed by atoms with Crippen molar-refractivity contribution >= 4 is 28.3 Å². The molecule has 1 unspecified atom stereocenters. The van der Waals surface area contributed by atoms with Crippen molar-refractivity contribution in [3.05, 3.63) is 81.9 Å². The summed E-state index contributed by atoms with van der Waals surface area (Å²) in [4.78, 5) is 34.5. The van der Waals surface area contributed by atoms with Gasteiger partial charge in [-0.25, -0.2) is 0 Å². The number of hydrogen-bond acceptors (Lipinski definition) is 5. The van der Waals surface area contributed by atoms with Crippen molar-refractivity contribution in [3.8, 4) is 5.75 Å². The molecule has 3 aromatic rings. The second-order valence-corrected chi connectivity index (χ2v) is 6.49. The SMILES string of the molecule is CCC(=O)NC(c1ccc([N+](=O)[O-])cc1)c1c(OC(C)=O)ccc2ccccc12. The van der Waals surface area contributed by atoms with E-state index in [2.05, 4.69) is 5.32 Å². The monoisotopic (exact) mass is 392 g/mol. The van der Waals surface area contributed by atoms with Gasteiger partial charge in [-0.3, -0.25) is 19.7 Å².